The summed E-state index contributed by atoms with van der Waals surface area (Å²) in [5.41, 5.74) is 1.44. The van der Waals surface area contributed by atoms with E-state index in [9.17, 15) is 0 Å². The molecule has 2 N–H and O–H groups in total. The smallest absolute Gasteiger partial charge is 0.0587 e. The molecule has 0 saturated heterocycles. The van der Waals surface area contributed by atoms with E-state index in [1.54, 1.807) is 7.11 Å². The van der Waals surface area contributed by atoms with Gasteiger partial charge in [-0.2, -0.15) is 0 Å². The minimum atomic E-state index is 0.627. The van der Waals surface area contributed by atoms with E-state index in [-0.39, 0.29) is 0 Å². The molecule has 1 unspecified atom stereocenters. The third kappa shape index (κ3) is 7.31. The maximum Gasteiger partial charge on any atom is 0.0587 e. The van der Waals surface area contributed by atoms with Gasteiger partial charge in [0, 0.05) is 20.2 Å². The van der Waals surface area contributed by atoms with Crippen molar-refractivity contribution >= 4 is 0 Å². The Bertz CT molecular complexity index is 303. The highest BCUT2D eigenvalue weighted by Crippen LogP contribution is 2.17. The van der Waals surface area contributed by atoms with Gasteiger partial charge in [0.15, 0.2) is 0 Å². The van der Waals surface area contributed by atoms with Crippen molar-refractivity contribution in [3.8, 4) is 0 Å². The van der Waals surface area contributed by atoms with E-state index in [0.717, 1.165) is 39.2 Å². The predicted molar refractivity (Wildman–Crippen MR) is 81.7 cm³/mol. The molecular weight excluding hydrogens is 236 g/mol. The van der Waals surface area contributed by atoms with Crippen molar-refractivity contribution in [3.63, 3.8) is 0 Å². The van der Waals surface area contributed by atoms with E-state index in [1.165, 1.54) is 12.0 Å². The summed E-state index contributed by atoms with van der Waals surface area (Å²) in [6, 6.07) is 10.8. The lowest BCUT2D eigenvalue weighted by Gasteiger charge is -2.16. The standard InChI is InChI=1S/C16H28N2O/c1-3-15(16-8-5-4-6-9-16)14-18-11-7-10-17-12-13-19-2/h4-6,8-9,15,17-18H,3,7,10-14H2,1-2H3. The predicted octanol–water partition coefficient (Wildman–Crippen LogP) is 2.40. The second-order valence-electron chi connectivity index (χ2n) is 4.82. The summed E-state index contributed by atoms with van der Waals surface area (Å²) in [7, 11) is 1.73. The Morgan fingerprint density at radius 3 is 2.47 bits per heavy atom. The highest BCUT2D eigenvalue weighted by molar-refractivity contribution is 5.19. The monoisotopic (exact) mass is 264 g/mol. The molecule has 0 aliphatic rings. The first kappa shape index (κ1) is 16.2. The third-order valence-electron chi connectivity index (χ3n) is 3.34. The van der Waals surface area contributed by atoms with Crippen LogP contribution in [0.15, 0.2) is 30.3 Å². The molecule has 0 amide bonds. The first-order chi connectivity index (χ1) is 9.38. The van der Waals surface area contributed by atoms with Crippen LogP contribution in [-0.4, -0.2) is 39.9 Å². The Balaban J connectivity index is 2.07. The van der Waals surface area contributed by atoms with E-state index < -0.39 is 0 Å². The van der Waals surface area contributed by atoms with Gasteiger partial charge in [-0.3, -0.25) is 0 Å². The van der Waals surface area contributed by atoms with Crippen molar-refractivity contribution in [2.24, 2.45) is 0 Å². The molecule has 3 nitrogen and oxygen atoms in total. The summed E-state index contributed by atoms with van der Waals surface area (Å²) in [5, 5.41) is 6.91. The second-order valence-corrected chi connectivity index (χ2v) is 4.82. The van der Waals surface area contributed by atoms with Gasteiger partial charge in [-0.05, 0) is 37.4 Å². The van der Waals surface area contributed by atoms with Gasteiger partial charge < -0.3 is 15.4 Å². The van der Waals surface area contributed by atoms with E-state index in [4.69, 9.17) is 4.74 Å². The van der Waals surface area contributed by atoms with Crippen molar-refractivity contribution in [3.05, 3.63) is 35.9 Å². The summed E-state index contributed by atoms with van der Waals surface area (Å²) in [4.78, 5) is 0. The molecule has 0 radical (unpaired) electrons. The van der Waals surface area contributed by atoms with E-state index in [0.29, 0.717) is 5.92 Å². The average molecular weight is 264 g/mol. The van der Waals surface area contributed by atoms with Crippen LogP contribution in [0.4, 0.5) is 0 Å². The molecule has 0 aliphatic heterocycles. The third-order valence-corrected chi connectivity index (χ3v) is 3.34. The van der Waals surface area contributed by atoms with Crippen LogP contribution < -0.4 is 10.6 Å². The van der Waals surface area contributed by atoms with Gasteiger partial charge in [-0.15, -0.1) is 0 Å². The van der Waals surface area contributed by atoms with Crippen LogP contribution in [0.2, 0.25) is 0 Å². The fourth-order valence-corrected chi connectivity index (χ4v) is 2.14. The van der Waals surface area contributed by atoms with Gasteiger partial charge >= 0.3 is 0 Å². The van der Waals surface area contributed by atoms with Gasteiger partial charge in [0.25, 0.3) is 0 Å². The Labute approximate surface area is 117 Å². The number of hydrogen-bond donors (Lipinski definition) is 2. The molecule has 0 spiro atoms. The molecule has 0 aliphatic carbocycles. The molecule has 19 heavy (non-hydrogen) atoms. The zero-order valence-corrected chi connectivity index (χ0v) is 12.3. The number of benzene rings is 1. The van der Waals surface area contributed by atoms with Gasteiger partial charge in [0.05, 0.1) is 6.61 Å². The molecule has 0 bridgehead atoms. The number of nitrogens with one attached hydrogen (secondary N) is 2. The molecule has 1 rings (SSSR count). The maximum atomic E-state index is 4.99. The topological polar surface area (TPSA) is 33.3 Å². The highest BCUT2D eigenvalue weighted by Gasteiger charge is 2.07. The maximum absolute atomic E-state index is 4.99. The van der Waals surface area contributed by atoms with Crippen LogP contribution in [0, 0.1) is 0 Å². The molecule has 0 fully saturated rings. The molecule has 0 aromatic heterocycles. The molecule has 108 valence electrons. The normalized spacial score (nSPS) is 12.5. The largest absolute Gasteiger partial charge is 0.383 e. The van der Waals surface area contributed by atoms with Crippen LogP contribution in [-0.2, 0) is 4.74 Å². The summed E-state index contributed by atoms with van der Waals surface area (Å²) < 4.78 is 4.99. The highest BCUT2D eigenvalue weighted by atomic mass is 16.5. The van der Waals surface area contributed by atoms with E-state index >= 15 is 0 Å². The minimum absolute atomic E-state index is 0.627. The first-order valence-corrected chi connectivity index (χ1v) is 7.33. The lowest BCUT2D eigenvalue weighted by atomic mass is 9.96. The van der Waals surface area contributed by atoms with Crippen LogP contribution in [0.1, 0.15) is 31.2 Å². The van der Waals surface area contributed by atoms with Gasteiger partial charge in [0.1, 0.15) is 0 Å². The molecular formula is C16H28N2O. The summed E-state index contributed by atoms with van der Waals surface area (Å²) >= 11 is 0. The van der Waals surface area contributed by atoms with Crippen molar-refractivity contribution in [2.45, 2.75) is 25.7 Å². The number of rotatable bonds is 11. The quantitative estimate of drug-likeness (QED) is 0.602. The van der Waals surface area contributed by atoms with E-state index in [2.05, 4.69) is 47.9 Å². The summed E-state index contributed by atoms with van der Waals surface area (Å²) in [6.45, 7) is 7.18. The van der Waals surface area contributed by atoms with Gasteiger partial charge in [0.2, 0.25) is 0 Å². The Morgan fingerprint density at radius 1 is 1.05 bits per heavy atom. The van der Waals surface area contributed by atoms with Gasteiger partial charge in [-0.25, -0.2) is 0 Å². The zero-order valence-electron chi connectivity index (χ0n) is 12.3. The number of hydrogen-bond acceptors (Lipinski definition) is 3. The average Bonchev–Trinajstić information content (AvgIpc) is 2.47. The summed E-state index contributed by atoms with van der Waals surface area (Å²) in [6.07, 6.45) is 2.35. The van der Waals surface area contributed by atoms with Crippen LogP contribution in [0.3, 0.4) is 0 Å². The fourth-order valence-electron chi connectivity index (χ4n) is 2.14. The molecule has 1 aromatic rings. The van der Waals surface area contributed by atoms with Crippen LogP contribution in [0.5, 0.6) is 0 Å². The first-order valence-electron chi connectivity index (χ1n) is 7.33. The Kier molecular flexibility index (Phi) is 9.33. The Morgan fingerprint density at radius 2 is 1.79 bits per heavy atom. The van der Waals surface area contributed by atoms with Crippen LogP contribution >= 0.6 is 0 Å². The molecule has 0 saturated carbocycles. The van der Waals surface area contributed by atoms with Crippen molar-refractivity contribution in [1.29, 1.82) is 0 Å². The molecule has 3 heteroatoms. The van der Waals surface area contributed by atoms with Gasteiger partial charge in [-0.1, -0.05) is 37.3 Å². The minimum Gasteiger partial charge on any atom is -0.383 e. The van der Waals surface area contributed by atoms with Crippen molar-refractivity contribution < 1.29 is 4.74 Å². The fraction of sp³-hybridized carbons (Fsp3) is 0.625. The molecule has 1 atom stereocenters. The Hall–Kier alpha value is -0.900. The number of methoxy groups -OCH3 is 1. The van der Waals surface area contributed by atoms with Crippen LogP contribution in [0.25, 0.3) is 0 Å². The second kappa shape index (κ2) is 11.0. The van der Waals surface area contributed by atoms with Crippen molar-refractivity contribution in [2.75, 3.05) is 39.9 Å². The SMILES string of the molecule is CCC(CNCCCNCCOC)c1ccccc1. The zero-order chi connectivity index (χ0) is 13.8. The van der Waals surface area contributed by atoms with E-state index in [1.807, 2.05) is 0 Å². The lowest BCUT2D eigenvalue weighted by molar-refractivity contribution is 0.199. The molecule has 1 aromatic carbocycles. The lowest BCUT2D eigenvalue weighted by Crippen LogP contribution is -2.27. The summed E-state index contributed by atoms with van der Waals surface area (Å²) in [5.74, 6) is 0.627. The number of ether oxygens (including phenoxy) is 1. The van der Waals surface area contributed by atoms with Crippen molar-refractivity contribution in [1.82, 2.24) is 10.6 Å². The molecule has 0 heterocycles.